The summed E-state index contributed by atoms with van der Waals surface area (Å²) in [5.41, 5.74) is 1.48. The van der Waals surface area contributed by atoms with Crippen LogP contribution in [0.4, 0.5) is 0 Å². The SMILES string of the molecule is CC1(C)Cc2cccc(OCC(=O)NCc3ccc(C(=O)c4ccccc4)s3)c2O1. The third kappa shape index (κ3) is 4.54. The first-order chi connectivity index (χ1) is 14.4. The third-order valence-corrected chi connectivity index (χ3v) is 5.88. The summed E-state index contributed by atoms with van der Waals surface area (Å²) in [5, 5.41) is 2.84. The Kier molecular flexibility index (Phi) is 5.59. The molecular weight excluding hydrogens is 398 g/mol. The number of benzene rings is 2. The van der Waals surface area contributed by atoms with Gasteiger partial charge in [0.05, 0.1) is 11.4 Å². The lowest BCUT2D eigenvalue weighted by Crippen LogP contribution is -2.28. The maximum Gasteiger partial charge on any atom is 0.258 e. The van der Waals surface area contributed by atoms with Crippen LogP contribution in [0.5, 0.6) is 11.5 Å². The molecule has 0 radical (unpaired) electrons. The molecule has 0 fully saturated rings. The molecule has 6 heteroatoms. The van der Waals surface area contributed by atoms with Gasteiger partial charge in [-0.15, -0.1) is 11.3 Å². The van der Waals surface area contributed by atoms with E-state index in [9.17, 15) is 9.59 Å². The highest BCUT2D eigenvalue weighted by Gasteiger charge is 2.32. The predicted molar refractivity (Wildman–Crippen MR) is 116 cm³/mol. The molecule has 0 bridgehead atoms. The minimum Gasteiger partial charge on any atom is -0.483 e. The van der Waals surface area contributed by atoms with Crippen molar-refractivity contribution in [2.75, 3.05) is 6.61 Å². The molecule has 1 aliphatic rings. The fraction of sp³-hybridized carbons (Fsp3) is 0.250. The van der Waals surface area contributed by atoms with Gasteiger partial charge in [-0.05, 0) is 32.0 Å². The summed E-state index contributed by atoms with van der Waals surface area (Å²) in [7, 11) is 0. The summed E-state index contributed by atoms with van der Waals surface area (Å²) in [6, 6.07) is 18.6. The predicted octanol–water partition coefficient (Wildman–Crippen LogP) is 4.39. The maximum atomic E-state index is 12.5. The molecule has 0 atom stereocenters. The molecule has 1 N–H and O–H groups in total. The summed E-state index contributed by atoms with van der Waals surface area (Å²) in [6.45, 7) is 4.31. The van der Waals surface area contributed by atoms with Crippen molar-refractivity contribution in [1.82, 2.24) is 5.32 Å². The van der Waals surface area contributed by atoms with E-state index in [4.69, 9.17) is 9.47 Å². The quantitative estimate of drug-likeness (QED) is 0.575. The van der Waals surface area contributed by atoms with Crippen LogP contribution in [0.2, 0.25) is 0 Å². The minimum absolute atomic E-state index is 0.0117. The highest BCUT2D eigenvalue weighted by atomic mass is 32.1. The molecule has 1 amide bonds. The van der Waals surface area contributed by atoms with Crippen molar-refractivity contribution in [2.45, 2.75) is 32.4 Å². The van der Waals surface area contributed by atoms with Crippen LogP contribution < -0.4 is 14.8 Å². The number of fused-ring (bicyclic) bond motifs is 1. The van der Waals surface area contributed by atoms with Gasteiger partial charge in [0.25, 0.3) is 5.91 Å². The Morgan fingerprint density at radius 3 is 2.67 bits per heavy atom. The lowest BCUT2D eigenvalue weighted by atomic mass is 10.0. The van der Waals surface area contributed by atoms with Crippen molar-refractivity contribution in [3.63, 3.8) is 0 Å². The minimum atomic E-state index is -0.266. The number of amides is 1. The standard InChI is InChI=1S/C24H23NO4S/c1-24(2)13-17-9-6-10-19(23(17)29-24)28-15-21(26)25-14-18-11-12-20(30-18)22(27)16-7-4-3-5-8-16/h3-12H,13-15H2,1-2H3,(H,25,26). The van der Waals surface area contributed by atoms with E-state index in [1.807, 2.05) is 56.3 Å². The molecule has 0 saturated carbocycles. The number of hydrogen-bond donors (Lipinski definition) is 1. The van der Waals surface area contributed by atoms with E-state index in [1.54, 1.807) is 18.2 Å². The molecule has 1 aromatic heterocycles. The van der Waals surface area contributed by atoms with Gasteiger partial charge >= 0.3 is 0 Å². The van der Waals surface area contributed by atoms with Crippen LogP contribution >= 0.6 is 11.3 Å². The Labute approximate surface area is 179 Å². The first kappa shape index (κ1) is 20.2. The number of rotatable bonds is 7. The van der Waals surface area contributed by atoms with Gasteiger partial charge in [0.2, 0.25) is 5.78 Å². The lowest BCUT2D eigenvalue weighted by molar-refractivity contribution is -0.123. The highest BCUT2D eigenvalue weighted by molar-refractivity contribution is 7.14. The van der Waals surface area contributed by atoms with E-state index >= 15 is 0 Å². The van der Waals surface area contributed by atoms with Crippen molar-refractivity contribution in [3.05, 3.63) is 81.5 Å². The fourth-order valence-electron chi connectivity index (χ4n) is 3.41. The van der Waals surface area contributed by atoms with Gasteiger partial charge in [-0.2, -0.15) is 0 Å². The van der Waals surface area contributed by atoms with E-state index in [1.165, 1.54) is 11.3 Å². The number of para-hydroxylation sites is 1. The zero-order valence-corrected chi connectivity index (χ0v) is 17.8. The average molecular weight is 422 g/mol. The Hall–Kier alpha value is -3.12. The van der Waals surface area contributed by atoms with Crippen molar-refractivity contribution in [3.8, 4) is 11.5 Å². The van der Waals surface area contributed by atoms with Crippen molar-refractivity contribution in [2.24, 2.45) is 0 Å². The van der Waals surface area contributed by atoms with Gasteiger partial charge in [0.1, 0.15) is 5.60 Å². The monoisotopic (exact) mass is 421 g/mol. The molecule has 154 valence electrons. The summed E-state index contributed by atoms with van der Waals surface area (Å²) in [6.07, 6.45) is 0.814. The zero-order chi connectivity index (χ0) is 21.1. The highest BCUT2D eigenvalue weighted by Crippen LogP contribution is 2.41. The molecule has 3 aromatic rings. The van der Waals surface area contributed by atoms with Crippen LogP contribution in [0.1, 0.15) is 39.5 Å². The van der Waals surface area contributed by atoms with Crippen molar-refractivity contribution in [1.29, 1.82) is 0 Å². The molecule has 5 nitrogen and oxygen atoms in total. The van der Waals surface area contributed by atoms with Crippen molar-refractivity contribution >= 4 is 23.0 Å². The van der Waals surface area contributed by atoms with Gasteiger partial charge in [0.15, 0.2) is 18.1 Å². The van der Waals surface area contributed by atoms with Crippen LogP contribution in [0, 0.1) is 0 Å². The number of carbonyl (C=O) groups excluding carboxylic acids is 2. The number of hydrogen-bond acceptors (Lipinski definition) is 5. The smallest absolute Gasteiger partial charge is 0.258 e. The first-order valence-corrected chi connectivity index (χ1v) is 10.6. The van der Waals surface area contributed by atoms with E-state index < -0.39 is 0 Å². The molecule has 4 rings (SSSR count). The molecule has 1 aliphatic heterocycles. The summed E-state index contributed by atoms with van der Waals surface area (Å²) in [4.78, 5) is 26.3. The molecule has 2 aromatic carbocycles. The number of nitrogens with one attached hydrogen (secondary N) is 1. The number of ether oxygens (including phenoxy) is 2. The molecule has 0 saturated heterocycles. The number of ketones is 1. The Bertz CT molecular complexity index is 1070. The Morgan fingerprint density at radius 2 is 1.87 bits per heavy atom. The number of carbonyl (C=O) groups is 2. The lowest BCUT2D eigenvalue weighted by Gasteiger charge is -2.18. The largest absolute Gasteiger partial charge is 0.483 e. The Balaban J connectivity index is 1.30. The van der Waals surface area contributed by atoms with E-state index in [-0.39, 0.29) is 23.9 Å². The second kappa shape index (κ2) is 8.32. The normalized spacial score (nSPS) is 13.9. The van der Waals surface area contributed by atoms with Crippen LogP contribution in [0.3, 0.4) is 0 Å². The van der Waals surface area contributed by atoms with Crippen molar-refractivity contribution < 1.29 is 19.1 Å². The van der Waals surface area contributed by atoms with Gasteiger partial charge in [0, 0.05) is 22.4 Å². The second-order valence-electron chi connectivity index (χ2n) is 7.81. The molecule has 0 spiro atoms. The van der Waals surface area contributed by atoms with Crippen LogP contribution in [-0.2, 0) is 17.8 Å². The zero-order valence-electron chi connectivity index (χ0n) is 16.9. The van der Waals surface area contributed by atoms with Crippen LogP contribution in [-0.4, -0.2) is 23.9 Å². The van der Waals surface area contributed by atoms with Gasteiger partial charge in [-0.3, -0.25) is 9.59 Å². The molecule has 2 heterocycles. The average Bonchev–Trinajstić information content (AvgIpc) is 3.33. The van der Waals surface area contributed by atoms with Crippen LogP contribution in [0.25, 0.3) is 0 Å². The fourth-order valence-corrected chi connectivity index (χ4v) is 4.32. The second-order valence-corrected chi connectivity index (χ2v) is 8.98. The van der Waals surface area contributed by atoms with Crippen LogP contribution in [0.15, 0.2) is 60.7 Å². The molecule has 30 heavy (non-hydrogen) atoms. The maximum absolute atomic E-state index is 12.5. The molecule has 0 aliphatic carbocycles. The van der Waals surface area contributed by atoms with Gasteiger partial charge in [-0.1, -0.05) is 42.5 Å². The van der Waals surface area contributed by atoms with E-state index in [0.29, 0.717) is 22.7 Å². The topological polar surface area (TPSA) is 64.6 Å². The molecule has 0 unspecified atom stereocenters. The van der Waals surface area contributed by atoms with Gasteiger partial charge in [-0.25, -0.2) is 0 Å². The summed E-state index contributed by atoms with van der Waals surface area (Å²) >= 11 is 1.38. The Morgan fingerprint density at radius 1 is 1.07 bits per heavy atom. The van der Waals surface area contributed by atoms with E-state index in [0.717, 1.165) is 22.6 Å². The summed E-state index contributed by atoms with van der Waals surface area (Å²) < 4.78 is 11.7. The first-order valence-electron chi connectivity index (χ1n) is 9.80. The third-order valence-electron chi connectivity index (χ3n) is 4.79. The van der Waals surface area contributed by atoms with Gasteiger partial charge < -0.3 is 14.8 Å². The summed E-state index contributed by atoms with van der Waals surface area (Å²) in [5.74, 6) is 1.06. The van der Waals surface area contributed by atoms with E-state index in [2.05, 4.69) is 5.32 Å². The molecular formula is C24H23NO4S. The number of thiophene rings is 1.